The van der Waals surface area contributed by atoms with Gasteiger partial charge >= 0.3 is 0 Å². The maximum Gasteiger partial charge on any atom is 0.237 e. The third kappa shape index (κ3) is 8.54. The highest BCUT2D eigenvalue weighted by Gasteiger charge is 1.98. The molecular formula is C7H14Cl2Si. The monoisotopic (exact) mass is 196 g/mol. The van der Waals surface area contributed by atoms with Crippen molar-refractivity contribution in [3.05, 3.63) is 12.2 Å². The predicted octanol–water partition coefficient (Wildman–Crippen LogP) is 3.43. The molecule has 0 aromatic carbocycles. The lowest BCUT2D eigenvalue weighted by atomic mass is 10.3. The highest BCUT2D eigenvalue weighted by atomic mass is 35.7. The number of allylic oxidation sites excluding steroid dienone is 2. The van der Waals surface area contributed by atoms with Crippen molar-refractivity contribution in [2.75, 3.05) is 0 Å². The van der Waals surface area contributed by atoms with E-state index in [0.29, 0.717) is 0 Å². The standard InChI is InChI=1S/C7H14Cl2Si/c1-2-3-4-5-6-7-10(8)9/h3-4,10H,2,5-7H2,1H3. The van der Waals surface area contributed by atoms with Crippen LogP contribution in [0.1, 0.15) is 26.2 Å². The number of hydrogen-bond donors (Lipinski definition) is 0. The molecule has 0 rings (SSSR count). The highest BCUT2D eigenvalue weighted by molar-refractivity contribution is 7.33. The van der Waals surface area contributed by atoms with E-state index >= 15 is 0 Å². The third-order valence-corrected chi connectivity index (χ3v) is 3.35. The summed E-state index contributed by atoms with van der Waals surface area (Å²) in [7, 11) is -1.31. The summed E-state index contributed by atoms with van der Waals surface area (Å²) in [5.41, 5.74) is 0. The summed E-state index contributed by atoms with van der Waals surface area (Å²) >= 11 is 11.3. The molecule has 0 unspecified atom stereocenters. The molecule has 0 aliphatic carbocycles. The Kier molecular flexibility index (Phi) is 8.05. The second kappa shape index (κ2) is 7.64. The van der Waals surface area contributed by atoms with Gasteiger partial charge in [-0.1, -0.05) is 25.5 Å². The van der Waals surface area contributed by atoms with E-state index in [0.717, 1.165) is 25.3 Å². The molecule has 0 bridgehead atoms. The molecule has 0 saturated heterocycles. The van der Waals surface area contributed by atoms with Crippen LogP contribution in [-0.2, 0) is 0 Å². The average molecular weight is 197 g/mol. The van der Waals surface area contributed by atoms with Crippen LogP contribution in [0.5, 0.6) is 0 Å². The van der Waals surface area contributed by atoms with Crippen molar-refractivity contribution in [1.29, 1.82) is 0 Å². The molecule has 0 heterocycles. The first-order valence-corrected chi connectivity index (χ1v) is 8.01. The maximum atomic E-state index is 5.67. The van der Waals surface area contributed by atoms with E-state index in [1.165, 1.54) is 0 Å². The van der Waals surface area contributed by atoms with Gasteiger partial charge in [0.25, 0.3) is 0 Å². The second-order valence-corrected chi connectivity index (χ2v) is 7.39. The minimum absolute atomic E-state index is 1.04. The Labute approximate surface area is 74.2 Å². The molecule has 0 aliphatic rings. The zero-order valence-corrected chi connectivity index (χ0v) is 8.98. The fourth-order valence-corrected chi connectivity index (χ4v) is 2.14. The molecule has 0 fully saturated rings. The van der Waals surface area contributed by atoms with Gasteiger partial charge in [-0.15, -0.1) is 0 Å². The molecular weight excluding hydrogens is 183 g/mol. The van der Waals surface area contributed by atoms with Gasteiger partial charge in [0.2, 0.25) is 7.42 Å². The number of rotatable bonds is 5. The van der Waals surface area contributed by atoms with Gasteiger partial charge in [0, 0.05) is 0 Å². The van der Waals surface area contributed by atoms with Gasteiger partial charge < -0.3 is 0 Å². The number of halogens is 2. The Bertz CT molecular complexity index is 91.6. The molecule has 0 amide bonds. The van der Waals surface area contributed by atoms with Crippen molar-refractivity contribution in [1.82, 2.24) is 0 Å². The van der Waals surface area contributed by atoms with Crippen LogP contribution in [0.2, 0.25) is 6.04 Å². The lowest BCUT2D eigenvalue weighted by Crippen LogP contribution is -1.89. The van der Waals surface area contributed by atoms with Crippen LogP contribution in [-0.4, -0.2) is 7.42 Å². The van der Waals surface area contributed by atoms with Gasteiger partial charge in [-0.3, -0.25) is 0 Å². The Morgan fingerprint density at radius 2 is 2.00 bits per heavy atom. The minimum atomic E-state index is -1.31. The normalized spacial score (nSPS) is 11.6. The molecule has 10 heavy (non-hydrogen) atoms. The molecule has 3 heteroatoms. The van der Waals surface area contributed by atoms with Gasteiger partial charge in [0.05, 0.1) is 0 Å². The number of unbranched alkanes of at least 4 members (excludes halogenated alkanes) is 1. The molecule has 60 valence electrons. The highest BCUT2D eigenvalue weighted by Crippen LogP contribution is 2.08. The number of hydrogen-bond acceptors (Lipinski definition) is 0. The Hall–Kier alpha value is 0.537. The van der Waals surface area contributed by atoms with Crippen molar-refractivity contribution >= 4 is 29.6 Å². The minimum Gasteiger partial charge on any atom is -0.150 e. The molecule has 0 N–H and O–H groups in total. The molecule has 0 radical (unpaired) electrons. The maximum absolute atomic E-state index is 5.67. The van der Waals surface area contributed by atoms with Gasteiger partial charge in [-0.2, -0.15) is 22.2 Å². The average Bonchev–Trinajstić information content (AvgIpc) is 1.87. The molecule has 0 aliphatic heterocycles. The Balaban J connectivity index is 2.97. The van der Waals surface area contributed by atoms with Crippen molar-refractivity contribution in [2.45, 2.75) is 32.2 Å². The van der Waals surface area contributed by atoms with Gasteiger partial charge in [0.15, 0.2) is 0 Å². The van der Waals surface area contributed by atoms with E-state index in [9.17, 15) is 0 Å². The van der Waals surface area contributed by atoms with Crippen molar-refractivity contribution < 1.29 is 0 Å². The van der Waals surface area contributed by atoms with Crippen molar-refractivity contribution in [3.8, 4) is 0 Å². The molecule has 0 saturated carbocycles. The smallest absolute Gasteiger partial charge is 0.150 e. The summed E-state index contributed by atoms with van der Waals surface area (Å²) in [5, 5.41) is 0. The molecule has 0 aromatic heterocycles. The first-order chi connectivity index (χ1) is 4.77. The van der Waals surface area contributed by atoms with E-state index < -0.39 is 7.42 Å². The summed E-state index contributed by atoms with van der Waals surface area (Å²) in [4.78, 5) is 0. The van der Waals surface area contributed by atoms with Gasteiger partial charge in [-0.05, 0) is 18.9 Å². The fourth-order valence-electron chi connectivity index (χ4n) is 0.675. The van der Waals surface area contributed by atoms with E-state index in [1.807, 2.05) is 0 Å². The van der Waals surface area contributed by atoms with Crippen LogP contribution in [0.25, 0.3) is 0 Å². The molecule has 0 nitrogen and oxygen atoms in total. The second-order valence-electron chi connectivity index (χ2n) is 2.20. The predicted molar refractivity (Wildman–Crippen MR) is 52.3 cm³/mol. The summed E-state index contributed by atoms with van der Waals surface area (Å²) in [6, 6.07) is 1.04. The first-order valence-electron chi connectivity index (χ1n) is 3.70. The molecule has 0 aromatic rings. The van der Waals surface area contributed by atoms with Crippen LogP contribution in [0, 0.1) is 0 Å². The van der Waals surface area contributed by atoms with E-state index in [-0.39, 0.29) is 0 Å². The summed E-state index contributed by atoms with van der Waals surface area (Å²) < 4.78 is 0. The van der Waals surface area contributed by atoms with E-state index in [2.05, 4.69) is 19.1 Å². The summed E-state index contributed by atoms with van der Waals surface area (Å²) in [6.07, 6.45) is 7.79. The van der Waals surface area contributed by atoms with Crippen LogP contribution >= 0.6 is 22.2 Å². The van der Waals surface area contributed by atoms with Crippen LogP contribution < -0.4 is 0 Å². The topological polar surface area (TPSA) is 0 Å². The SMILES string of the molecule is CCC=CCCC[SiH](Cl)Cl. The summed E-state index contributed by atoms with van der Waals surface area (Å²) in [5.74, 6) is 0. The summed E-state index contributed by atoms with van der Waals surface area (Å²) in [6.45, 7) is 2.14. The van der Waals surface area contributed by atoms with Crippen LogP contribution in [0.3, 0.4) is 0 Å². The third-order valence-electron chi connectivity index (χ3n) is 1.20. The quantitative estimate of drug-likeness (QED) is 0.274. The van der Waals surface area contributed by atoms with Crippen LogP contribution in [0.4, 0.5) is 0 Å². The van der Waals surface area contributed by atoms with Gasteiger partial charge in [-0.25, -0.2) is 0 Å². The zero-order chi connectivity index (χ0) is 7.82. The largest absolute Gasteiger partial charge is 0.237 e. The van der Waals surface area contributed by atoms with Crippen molar-refractivity contribution in [2.24, 2.45) is 0 Å². The van der Waals surface area contributed by atoms with Crippen LogP contribution in [0.15, 0.2) is 12.2 Å². The molecule has 0 spiro atoms. The lowest BCUT2D eigenvalue weighted by Gasteiger charge is -1.94. The Morgan fingerprint density at radius 1 is 1.30 bits per heavy atom. The van der Waals surface area contributed by atoms with E-state index in [1.54, 1.807) is 0 Å². The fraction of sp³-hybridized carbons (Fsp3) is 0.714. The first kappa shape index (κ1) is 10.5. The van der Waals surface area contributed by atoms with Gasteiger partial charge in [0.1, 0.15) is 0 Å². The Morgan fingerprint density at radius 3 is 2.50 bits per heavy atom. The molecule has 0 atom stereocenters. The van der Waals surface area contributed by atoms with E-state index in [4.69, 9.17) is 22.2 Å². The lowest BCUT2D eigenvalue weighted by molar-refractivity contribution is 0.945. The zero-order valence-electron chi connectivity index (χ0n) is 6.32. The van der Waals surface area contributed by atoms with Crippen molar-refractivity contribution in [3.63, 3.8) is 0 Å².